The highest BCUT2D eigenvalue weighted by Gasteiger charge is 2.53. The fourth-order valence-corrected chi connectivity index (χ4v) is 10.6. The van der Waals surface area contributed by atoms with E-state index in [1.807, 2.05) is 0 Å². The predicted molar refractivity (Wildman–Crippen MR) is 159 cm³/mol. The van der Waals surface area contributed by atoms with Crippen molar-refractivity contribution in [3.63, 3.8) is 0 Å². The molecule has 7 N–H and O–H groups in total. The molecule has 0 aliphatic carbocycles. The quantitative estimate of drug-likeness (QED) is 0.102. The monoisotopic (exact) mass is 694 g/mol. The zero-order chi connectivity index (χ0) is 30.6. The zero-order valence-electron chi connectivity index (χ0n) is 21.5. The lowest BCUT2D eigenvalue weighted by molar-refractivity contribution is -0.0444. The number of nitrogens with zero attached hydrogens (tertiary/aromatic N) is 8. The molecule has 4 aromatic rings. The Kier molecular flexibility index (Phi) is 8.44. The number of alkyl halides is 1. The molecule has 2 aliphatic rings. The van der Waals surface area contributed by atoms with Gasteiger partial charge in [0.05, 0.1) is 30.6 Å². The van der Waals surface area contributed by atoms with Gasteiger partial charge in [-0.05, 0) is 22.8 Å². The first kappa shape index (κ1) is 30.6. The molecule has 2 fully saturated rings. The van der Waals surface area contributed by atoms with Crippen LogP contribution < -0.4 is 17.0 Å². The number of aliphatic hydroxyl groups is 1. The van der Waals surface area contributed by atoms with Crippen molar-refractivity contribution in [3.8, 4) is 0 Å². The first-order valence-electron chi connectivity index (χ1n) is 12.4. The molecule has 6 heterocycles. The maximum Gasteiger partial charge on any atom is 0.582 e. The number of rotatable bonds is 9. The molecule has 24 heteroatoms. The van der Waals surface area contributed by atoms with Crippen LogP contribution in [0, 0.1) is 0 Å². The van der Waals surface area contributed by atoms with Gasteiger partial charge in [0.1, 0.15) is 24.7 Å². The Morgan fingerprint density at radius 3 is 2.86 bits per heavy atom. The smallest absolute Gasteiger partial charge is 0.395 e. The number of aromatic nitrogens is 9. The van der Waals surface area contributed by atoms with Gasteiger partial charge in [-0.25, -0.2) is 19.3 Å². The average Bonchev–Trinajstić information content (AvgIpc) is 3.73. The van der Waals surface area contributed by atoms with E-state index in [1.165, 1.54) is 18.1 Å². The van der Waals surface area contributed by atoms with Crippen molar-refractivity contribution in [2.45, 2.75) is 47.3 Å². The molecule has 230 valence electrons. The number of anilines is 2. The molecule has 0 saturated carbocycles. The lowest BCUT2D eigenvalue weighted by atomic mass is 10.1. The van der Waals surface area contributed by atoms with Crippen LogP contribution in [0.1, 0.15) is 18.0 Å². The van der Waals surface area contributed by atoms with Gasteiger partial charge in [-0.15, -0.1) is 21.4 Å². The summed E-state index contributed by atoms with van der Waals surface area (Å²) in [5.41, 5.74) is 10.6. The molecule has 0 spiro atoms. The SMILES string of the molecule is Nc1nc2c(ncn2[C@@H]2S[C@H](CO)C[C@H]2P(O)(=S)OC[C@H]2O[C@@H](n3nnc4c(N)ncnc43)[C@@H](F)[C@@H]2O[P+](=O)S)c(=O)[nH]1. The molecule has 2 saturated heterocycles. The Balaban J connectivity index is 1.26. The Bertz CT molecular complexity index is 1810. The first-order valence-corrected chi connectivity index (χ1v) is 18.4. The highest BCUT2D eigenvalue weighted by atomic mass is 32.7. The van der Waals surface area contributed by atoms with Crippen LogP contribution in [0.3, 0.4) is 0 Å². The van der Waals surface area contributed by atoms with Crippen molar-refractivity contribution in [3.05, 3.63) is 23.0 Å². The number of thioether (sulfide) groups is 1. The third-order valence-corrected chi connectivity index (χ3v) is 12.4. The number of imidazole rings is 1. The van der Waals surface area contributed by atoms with E-state index >= 15 is 4.39 Å². The standard InChI is InChI=1S/C19H22FN11O7P2S3/c20-9-12(38-39(34)41)7(37-17(9)31-14-10(28-29-31)13(21)23-4-24-14)3-36-40(35,42)8-1-6(2-32)43-18(8)30-5-25-11-15(30)26-19(22)27-16(11)33/h4-9,12,17-18,32H,1-3H2,(H6-,21,22,23,24,26,27,29,33,34,35,41,42)/p+1/t6-,7+,8+,9-,12+,17+,18+,40?/m0/s1. The summed E-state index contributed by atoms with van der Waals surface area (Å²) in [4.78, 5) is 42.4. The fraction of sp³-hybridized carbons (Fsp3) is 0.526. The average molecular weight is 695 g/mol. The van der Waals surface area contributed by atoms with E-state index in [-0.39, 0.29) is 52.4 Å². The van der Waals surface area contributed by atoms with Gasteiger partial charge >= 0.3 is 7.23 Å². The van der Waals surface area contributed by atoms with Gasteiger partial charge in [0.2, 0.25) is 5.95 Å². The Morgan fingerprint density at radius 1 is 1.33 bits per heavy atom. The second kappa shape index (κ2) is 11.8. The van der Waals surface area contributed by atoms with Crippen LogP contribution in [0.4, 0.5) is 16.2 Å². The van der Waals surface area contributed by atoms with Gasteiger partial charge in [-0.2, -0.15) is 9.67 Å². The zero-order valence-corrected chi connectivity index (χ0v) is 25.8. The maximum atomic E-state index is 15.7. The van der Waals surface area contributed by atoms with Crippen molar-refractivity contribution in [2.75, 3.05) is 24.7 Å². The number of ether oxygens (including phenoxy) is 1. The number of nitrogens with one attached hydrogen (secondary N) is 1. The molecule has 0 amide bonds. The Morgan fingerprint density at radius 2 is 2.12 bits per heavy atom. The van der Waals surface area contributed by atoms with Gasteiger partial charge in [0.25, 0.3) is 5.56 Å². The maximum absolute atomic E-state index is 15.7. The number of hydrogen-bond acceptors (Lipinski definition) is 16. The third kappa shape index (κ3) is 5.65. The number of halogens is 1. The molecule has 6 rings (SSSR count). The van der Waals surface area contributed by atoms with E-state index in [0.29, 0.717) is 0 Å². The number of thiol groups is 1. The van der Waals surface area contributed by atoms with Gasteiger partial charge in [0, 0.05) is 5.25 Å². The molecule has 4 aromatic heterocycles. The van der Waals surface area contributed by atoms with Crippen LogP contribution in [0.25, 0.3) is 22.3 Å². The number of hydrogen-bond donors (Lipinski definition) is 6. The highest BCUT2D eigenvalue weighted by Crippen LogP contribution is 2.62. The summed E-state index contributed by atoms with van der Waals surface area (Å²) in [7, 11) is -2.58. The normalized spacial score (nSPS) is 29.4. The molecule has 2 unspecified atom stereocenters. The Labute approximate surface area is 255 Å². The number of nitrogens with two attached hydrogens (primary N) is 2. The molecule has 9 atom stereocenters. The summed E-state index contributed by atoms with van der Waals surface area (Å²) in [5, 5.41) is 16.7. The summed E-state index contributed by atoms with van der Waals surface area (Å²) in [6.07, 6.45) is -3.32. The number of aliphatic hydroxyl groups excluding tert-OH is 1. The molecule has 0 bridgehead atoms. The van der Waals surface area contributed by atoms with Crippen LogP contribution in [-0.2, 0) is 30.2 Å². The van der Waals surface area contributed by atoms with Crippen molar-refractivity contribution in [1.82, 2.24) is 44.5 Å². The fourth-order valence-electron chi connectivity index (χ4n) is 5.01. The Hall–Kier alpha value is -2.39. The molecule has 2 aliphatic heterocycles. The van der Waals surface area contributed by atoms with Crippen LogP contribution in [-0.4, -0.2) is 97.0 Å². The van der Waals surface area contributed by atoms with Gasteiger partial charge in [-0.3, -0.25) is 9.78 Å². The third-order valence-electron chi connectivity index (χ3n) is 6.95. The summed E-state index contributed by atoms with van der Waals surface area (Å²) >= 11 is 10.6. The minimum Gasteiger partial charge on any atom is -0.395 e. The van der Waals surface area contributed by atoms with Crippen molar-refractivity contribution in [1.29, 1.82) is 0 Å². The number of H-pyrrole nitrogens is 1. The van der Waals surface area contributed by atoms with E-state index < -0.39 is 61.5 Å². The van der Waals surface area contributed by atoms with Crippen LogP contribution in [0.15, 0.2) is 17.4 Å². The van der Waals surface area contributed by atoms with Gasteiger partial charge in [0.15, 0.2) is 53.1 Å². The largest absolute Gasteiger partial charge is 0.582 e. The summed E-state index contributed by atoms with van der Waals surface area (Å²) in [6.45, 7) is -4.46. The molecule has 43 heavy (non-hydrogen) atoms. The van der Waals surface area contributed by atoms with Crippen molar-refractivity contribution < 1.29 is 32.7 Å². The molecular weight excluding hydrogens is 671 g/mol. The van der Waals surface area contributed by atoms with E-state index in [4.69, 9.17) is 37.1 Å². The van der Waals surface area contributed by atoms with E-state index in [0.717, 1.165) is 11.0 Å². The van der Waals surface area contributed by atoms with E-state index in [9.17, 15) is 19.4 Å². The lowest BCUT2D eigenvalue weighted by Gasteiger charge is -2.28. The minimum atomic E-state index is -3.76. The van der Waals surface area contributed by atoms with E-state index in [2.05, 4.69) is 47.5 Å². The predicted octanol–water partition coefficient (Wildman–Crippen LogP) is 0.410. The summed E-state index contributed by atoms with van der Waals surface area (Å²) in [5.74, 6) is -0.108. The van der Waals surface area contributed by atoms with E-state index in [1.54, 1.807) is 4.57 Å². The second-order valence-electron chi connectivity index (χ2n) is 9.55. The minimum absolute atomic E-state index is 0.0232. The first-order chi connectivity index (χ1) is 20.5. The summed E-state index contributed by atoms with van der Waals surface area (Å²) in [6, 6.07) is 0. The van der Waals surface area contributed by atoms with Crippen molar-refractivity contribution in [2.24, 2.45) is 0 Å². The van der Waals surface area contributed by atoms with Gasteiger partial charge < -0.3 is 35.3 Å². The number of nitrogen functional groups attached to an aromatic ring is 2. The molecule has 18 nitrogen and oxygen atoms in total. The lowest BCUT2D eigenvalue weighted by Crippen LogP contribution is -2.33. The molecule has 0 aromatic carbocycles. The second-order valence-corrected chi connectivity index (χ2v) is 16.3. The number of aromatic amines is 1. The topological polar surface area (TPSA) is 257 Å². The number of fused-ring (bicyclic) bond motifs is 2. The molecule has 0 radical (unpaired) electrons. The van der Waals surface area contributed by atoms with Crippen LogP contribution >= 0.6 is 37.7 Å². The van der Waals surface area contributed by atoms with Crippen LogP contribution in [0.5, 0.6) is 0 Å². The highest BCUT2D eigenvalue weighted by molar-refractivity contribution is 8.39. The van der Waals surface area contributed by atoms with Gasteiger partial charge in [-0.1, -0.05) is 5.21 Å². The molecular formula is C19H23FN11O7P2S3+. The summed E-state index contributed by atoms with van der Waals surface area (Å²) < 4.78 is 47.2. The van der Waals surface area contributed by atoms with Crippen molar-refractivity contribution >= 4 is 83.6 Å². The van der Waals surface area contributed by atoms with Crippen LogP contribution in [0.2, 0.25) is 0 Å².